The number of imide groups is 1. The molecule has 2 aromatic rings. The van der Waals surface area contributed by atoms with Gasteiger partial charge in [-0.2, -0.15) is 8.78 Å². The summed E-state index contributed by atoms with van der Waals surface area (Å²) in [6.45, 7) is -0.0200. The molecule has 1 N–H and O–H groups in total. The van der Waals surface area contributed by atoms with Gasteiger partial charge < -0.3 is 5.32 Å². The number of alkyl halides is 2. The average Bonchev–Trinajstić information content (AvgIpc) is 3.03. The van der Waals surface area contributed by atoms with Crippen molar-refractivity contribution in [1.29, 1.82) is 0 Å². The van der Waals surface area contributed by atoms with Crippen molar-refractivity contribution in [2.45, 2.75) is 25.3 Å². The molecule has 3 amide bonds. The highest BCUT2D eigenvalue weighted by molar-refractivity contribution is 6.22. The van der Waals surface area contributed by atoms with E-state index >= 15 is 0 Å². The quantitative estimate of drug-likeness (QED) is 0.606. The van der Waals surface area contributed by atoms with Gasteiger partial charge in [-0.1, -0.05) is 54.6 Å². The lowest BCUT2D eigenvalue weighted by atomic mass is 9.79. The van der Waals surface area contributed by atoms with Crippen LogP contribution in [0.1, 0.15) is 18.4 Å². The van der Waals surface area contributed by atoms with E-state index < -0.39 is 35.1 Å². The minimum absolute atomic E-state index is 0.00939. The van der Waals surface area contributed by atoms with Gasteiger partial charge in [-0.25, -0.2) is 0 Å². The van der Waals surface area contributed by atoms with Gasteiger partial charge in [-0.15, -0.1) is 0 Å². The Labute approximate surface area is 172 Å². The number of hydrogen-bond acceptors (Lipinski definition) is 3. The highest BCUT2D eigenvalue weighted by Gasteiger charge is 2.53. The molecule has 1 saturated heterocycles. The number of anilines is 1. The molecule has 2 aliphatic rings. The van der Waals surface area contributed by atoms with Crippen molar-refractivity contribution >= 4 is 23.4 Å². The third-order valence-corrected chi connectivity index (χ3v) is 5.62. The summed E-state index contributed by atoms with van der Waals surface area (Å²) >= 11 is 0. The van der Waals surface area contributed by atoms with Crippen LogP contribution < -0.4 is 10.2 Å². The maximum Gasteiger partial charge on any atom is 0.345 e. The first-order chi connectivity index (χ1) is 14.4. The van der Waals surface area contributed by atoms with Crippen LogP contribution in [0.15, 0.2) is 72.3 Å². The van der Waals surface area contributed by atoms with Crippen molar-refractivity contribution in [1.82, 2.24) is 5.32 Å². The van der Waals surface area contributed by atoms with E-state index in [1.54, 1.807) is 60.7 Å². The highest BCUT2D eigenvalue weighted by Crippen LogP contribution is 2.43. The number of carbonyl (C=O) groups is 3. The lowest BCUT2D eigenvalue weighted by molar-refractivity contribution is -0.141. The van der Waals surface area contributed by atoms with Crippen LogP contribution in [-0.2, 0) is 20.9 Å². The van der Waals surface area contributed by atoms with E-state index in [1.807, 2.05) is 0 Å². The monoisotopic (exact) mass is 410 g/mol. The molecule has 2 aromatic carbocycles. The van der Waals surface area contributed by atoms with Gasteiger partial charge in [0.25, 0.3) is 5.91 Å². The maximum atomic E-state index is 14.8. The molecule has 0 spiro atoms. The number of nitrogens with one attached hydrogen (secondary N) is 1. The van der Waals surface area contributed by atoms with Crippen LogP contribution in [0.25, 0.3) is 0 Å². The third-order valence-electron chi connectivity index (χ3n) is 5.62. The van der Waals surface area contributed by atoms with Gasteiger partial charge in [0.15, 0.2) is 0 Å². The Balaban J connectivity index is 1.48. The highest BCUT2D eigenvalue weighted by atomic mass is 19.3. The Bertz CT molecular complexity index is 1010. The van der Waals surface area contributed by atoms with Gasteiger partial charge in [0.2, 0.25) is 11.8 Å². The van der Waals surface area contributed by atoms with Crippen molar-refractivity contribution in [2.24, 2.45) is 11.8 Å². The van der Waals surface area contributed by atoms with Crippen LogP contribution >= 0.6 is 0 Å². The van der Waals surface area contributed by atoms with Gasteiger partial charge in [-0.05, 0) is 30.5 Å². The Morgan fingerprint density at radius 1 is 0.967 bits per heavy atom. The molecule has 30 heavy (non-hydrogen) atoms. The minimum Gasteiger partial charge on any atom is -0.346 e. The molecule has 0 aromatic heterocycles. The fourth-order valence-corrected chi connectivity index (χ4v) is 3.99. The molecule has 1 aliphatic carbocycles. The standard InChI is InChI=1S/C23H20F2N2O3/c24-23(25,22(30)26-14-15-7-3-1-4-8-15)16-11-12-18-19(13-16)21(29)27(20(18)28)17-9-5-2-6-10-17/h1-11,18-19H,12-14H2,(H,26,30)/t18-,19+/m0/s1. The SMILES string of the molecule is O=C1[C@H]2CC=C(C(F)(F)C(=O)NCc3ccccc3)C[C@H]2C(=O)N1c1ccccc1. The third kappa shape index (κ3) is 3.51. The van der Waals surface area contributed by atoms with E-state index in [0.717, 1.165) is 4.90 Å². The molecule has 0 bridgehead atoms. The zero-order chi connectivity index (χ0) is 21.3. The summed E-state index contributed by atoms with van der Waals surface area (Å²) in [5, 5.41) is 2.26. The second-order valence-corrected chi connectivity index (χ2v) is 7.47. The van der Waals surface area contributed by atoms with Crippen molar-refractivity contribution in [3.05, 3.63) is 77.9 Å². The lowest BCUT2D eigenvalue weighted by Gasteiger charge is -2.26. The van der Waals surface area contributed by atoms with Crippen molar-refractivity contribution in [3.63, 3.8) is 0 Å². The zero-order valence-electron chi connectivity index (χ0n) is 16.1. The number of allylic oxidation sites excluding steroid dienone is 1. The first kappa shape index (κ1) is 19.9. The van der Waals surface area contributed by atoms with E-state index in [1.165, 1.54) is 6.08 Å². The second kappa shape index (κ2) is 7.82. The summed E-state index contributed by atoms with van der Waals surface area (Å²) in [5.41, 5.74) is 0.718. The fraction of sp³-hybridized carbons (Fsp3) is 0.261. The normalized spacial score (nSPS) is 21.3. The second-order valence-electron chi connectivity index (χ2n) is 7.47. The number of rotatable bonds is 5. The maximum absolute atomic E-state index is 14.8. The summed E-state index contributed by atoms with van der Waals surface area (Å²) in [6.07, 6.45) is 0.933. The topological polar surface area (TPSA) is 66.5 Å². The number of carbonyl (C=O) groups excluding carboxylic acids is 3. The van der Waals surface area contributed by atoms with Gasteiger partial charge >= 0.3 is 5.92 Å². The number of benzene rings is 2. The molecule has 1 fully saturated rings. The molecule has 0 unspecified atom stereocenters. The number of halogens is 2. The molecule has 7 heteroatoms. The molecule has 0 saturated carbocycles. The minimum atomic E-state index is -3.75. The van der Waals surface area contributed by atoms with E-state index in [0.29, 0.717) is 11.3 Å². The largest absolute Gasteiger partial charge is 0.346 e. The predicted molar refractivity (Wildman–Crippen MR) is 106 cm³/mol. The molecule has 1 heterocycles. The predicted octanol–water partition coefficient (Wildman–Crippen LogP) is 3.46. The number of fused-ring (bicyclic) bond motifs is 1. The smallest absolute Gasteiger partial charge is 0.345 e. The van der Waals surface area contributed by atoms with Crippen molar-refractivity contribution in [3.8, 4) is 0 Å². The molecular formula is C23H20F2N2O3. The van der Waals surface area contributed by atoms with Crippen LogP contribution in [0.5, 0.6) is 0 Å². The van der Waals surface area contributed by atoms with E-state index in [2.05, 4.69) is 5.32 Å². The molecule has 154 valence electrons. The fourth-order valence-electron chi connectivity index (χ4n) is 3.99. The summed E-state index contributed by atoms with van der Waals surface area (Å²) in [5.74, 6) is -7.60. The summed E-state index contributed by atoms with van der Waals surface area (Å²) in [4.78, 5) is 38.8. The molecule has 5 nitrogen and oxygen atoms in total. The van der Waals surface area contributed by atoms with E-state index in [-0.39, 0.29) is 25.3 Å². The van der Waals surface area contributed by atoms with E-state index in [9.17, 15) is 23.2 Å². The number of amides is 3. The van der Waals surface area contributed by atoms with Gasteiger partial charge in [0, 0.05) is 12.1 Å². The lowest BCUT2D eigenvalue weighted by Crippen LogP contribution is -2.43. The van der Waals surface area contributed by atoms with Crippen LogP contribution in [0.3, 0.4) is 0 Å². The Hall–Kier alpha value is -3.35. The van der Waals surface area contributed by atoms with Crippen LogP contribution in [0, 0.1) is 11.8 Å². The van der Waals surface area contributed by atoms with Gasteiger partial charge in [0.05, 0.1) is 17.5 Å². The Kier molecular flexibility index (Phi) is 5.20. The molecule has 4 rings (SSSR count). The Morgan fingerprint density at radius 2 is 1.57 bits per heavy atom. The van der Waals surface area contributed by atoms with Gasteiger partial charge in [0.1, 0.15) is 0 Å². The summed E-state index contributed by atoms with van der Waals surface area (Å²) in [6, 6.07) is 17.2. The first-order valence-electron chi connectivity index (χ1n) is 9.72. The molecule has 1 aliphatic heterocycles. The van der Waals surface area contributed by atoms with Crippen LogP contribution in [-0.4, -0.2) is 23.6 Å². The molecule has 0 radical (unpaired) electrons. The van der Waals surface area contributed by atoms with E-state index in [4.69, 9.17) is 0 Å². The van der Waals surface area contributed by atoms with Crippen LogP contribution in [0.2, 0.25) is 0 Å². The number of para-hydroxylation sites is 1. The molecular weight excluding hydrogens is 390 g/mol. The van der Waals surface area contributed by atoms with Crippen molar-refractivity contribution in [2.75, 3.05) is 4.90 Å². The Morgan fingerprint density at radius 3 is 2.23 bits per heavy atom. The number of hydrogen-bond donors (Lipinski definition) is 1. The average molecular weight is 410 g/mol. The summed E-state index contributed by atoms with van der Waals surface area (Å²) in [7, 11) is 0. The van der Waals surface area contributed by atoms with Crippen LogP contribution in [0.4, 0.5) is 14.5 Å². The zero-order valence-corrected chi connectivity index (χ0v) is 16.1. The first-order valence-corrected chi connectivity index (χ1v) is 9.72. The van der Waals surface area contributed by atoms with Crippen molar-refractivity contribution < 1.29 is 23.2 Å². The van der Waals surface area contributed by atoms with Gasteiger partial charge in [-0.3, -0.25) is 19.3 Å². The molecule has 2 atom stereocenters. The summed E-state index contributed by atoms with van der Waals surface area (Å²) < 4.78 is 29.6. The number of nitrogens with zero attached hydrogens (tertiary/aromatic N) is 1.